The molecular weight excluding hydrogens is 250 g/mol. The molecule has 4 nitrogen and oxygen atoms in total. The number of aromatic nitrogens is 1. The first-order chi connectivity index (χ1) is 9.69. The second kappa shape index (κ2) is 6.70. The standard InChI is InChI=1S/C16H19N3O/c1-3-12(2)13-7-9-14(10-8-13)18-16(20)19-15-6-4-5-11-17-15/h4-12H,3H2,1-2H3,(H2,17,18,19,20)/t12-/m0/s1. The van der Waals surface area contributed by atoms with Gasteiger partial charge in [0.2, 0.25) is 0 Å². The van der Waals surface area contributed by atoms with E-state index in [2.05, 4.69) is 29.5 Å². The molecule has 1 aromatic carbocycles. The van der Waals surface area contributed by atoms with Gasteiger partial charge < -0.3 is 5.32 Å². The van der Waals surface area contributed by atoms with Crippen molar-refractivity contribution >= 4 is 17.5 Å². The molecule has 0 radical (unpaired) electrons. The van der Waals surface area contributed by atoms with Crippen molar-refractivity contribution in [2.24, 2.45) is 0 Å². The summed E-state index contributed by atoms with van der Waals surface area (Å²) in [5, 5.41) is 5.46. The normalized spacial score (nSPS) is 11.7. The molecule has 2 N–H and O–H groups in total. The first-order valence-corrected chi connectivity index (χ1v) is 6.78. The summed E-state index contributed by atoms with van der Waals surface area (Å²) in [7, 11) is 0. The number of carbonyl (C=O) groups is 1. The van der Waals surface area contributed by atoms with Crippen LogP contribution in [0.2, 0.25) is 0 Å². The Morgan fingerprint density at radius 1 is 1.15 bits per heavy atom. The average Bonchev–Trinajstić information content (AvgIpc) is 2.48. The van der Waals surface area contributed by atoms with E-state index in [0.717, 1.165) is 12.1 Å². The number of hydrogen-bond donors (Lipinski definition) is 2. The summed E-state index contributed by atoms with van der Waals surface area (Å²) in [6, 6.07) is 13.0. The number of hydrogen-bond acceptors (Lipinski definition) is 2. The molecule has 0 saturated heterocycles. The molecule has 4 heteroatoms. The Hall–Kier alpha value is -2.36. The summed E-state index contributed by atoms with van der Waals surface area (Å²) < 4.78 is 0. The zero-order valence-electron chi connectivity index (χ0n) is 11.8. The van der Waals surface area contributed by atoms with E-state index in [-0.39, 0.29) is 6.03 Å². The molecule has 2 aromatic rings. The molecule has 0 spiro atoms. The number of carbonyl (C=O) groups excluding carboxylic acids is 1. The van der Waals surface area contributed by atoms with Crippen molar-refractivity contribution < 1.29 is 4.79 Å². The molecule has 2 rings (SSSR count). The Kier molecular flexibility index (Phi) is 4.71. The van der Waals surface area contributed by atoms with Gasteiger partial charge >= 0.3 is 6.03 Å². The molecule has 0 fully saturated rings. The fourth-order valence-corrected chi connectivity index (χ4v) is 1.85. The Labute approximate surface area is 119 Å². The molecule has 0 unspecified atom stereocenters. The van der Waals surface area contributed by atoms with Crippen LogP contribution in [-0.2, 0) is 0 Å². The fourth-order valence-electron chi connectivity index (χ4n) is 1.85. The summed E-state index contributed by atoms with van der Waals surface area (Å²) in [5.41, 5.74) is 2.05. The van der Waals surface area contributed by atoms with Gasteiger partial charge in [-0.1, -0.05) is 32.0 Å². The van der Waals surface area contributed by atoms with E-state index in [0.29, 0.717) is 11.7 Å². The van der Waals surface area contributed by atoms with E-state index in [4.69, 9.17) is 0 Å². The molecule has 2 amide bonds. The van der Waals surface area contributed by atoms with Gasteiger partial charge in [-0.3, -0.25) is 5.32 Å². The van der Waals surface area contributed by atoms with Crippen molar-refractivity contribution in [1.29, 1.82) is 0 Å². The Balaban J connectivity index is 1.94. The van der Waals surface area contributed by atoms with E-state index >= 15 is 0 Å². The van der Waals surface area contributed by atoms with E-state index in [1.807, 2.05) is 30.3 Å². The minimum Gasteiger partial charge on any atom is -0.308 e. The van der Waals surface area contributed by atoms with E-state index in [9.17, 15) is 4.79 Å². The Bertz CT molecular complexity index is 552. The van der Waals surface area contributed by atoms with Crippen molar-refractivity contribution in [2.75, 3.05) is 10.6 Å². The van der Waals surface area contributed by atoms with Crippen molar-refractivity contribution in [1.82, 2.24) is 4.98 Å². The van der Waals surface area contributed by atoms with Gasteiger partial charge in [0.1, 0.15) is 5.82 Å². The lowest BCUT2D eigenvalue weighted by Gasteiger charge is -2.11. The van der Waals surface area contributed by atoms with Crippen molar-refractivity contribution in [2.45, 2.75) is 26.2 Å². The zero-order valence-corrected chi connectivity index (χ0v) is 11.8. The smallest absolute Gasteiger partial charge is 0.308 e. The molecule has 0 bridgehead atoms. The van der Waals surface area contributed by atoms with Crippen LogP contribution >= 0.6 is 0 Å². The molecule has 0 aliphatic carbocycles. The molecule has 0 aliphatic rings. The van der Waals surface area contributed by atoms with Crippen LogP contribution in [0.1, 0.15) is 31.7 Å². The summed E-state index contributed by atoms with van der Waals surface area (Å²) in [4.78, 5) is 15.8. The SMILES string of the molecule is CC[C@H](C)c1ccc(NC(=O)Nc2ccccn2)cc1. The van der Waals surface area contributed by atoms with Crippen molar-refractivity contribution in [3.63, 3.8) is 0 Å². The molecule has 20 heavy (non-hydrogen) atoms. The maximum atomic E-state index is 11.8. The molecular formula is C16H19N3O. The van der Waals surface area contributed by atoms with E-state index in [1.165, 1.54) is 5.56 Å². The molecule has 104 valence electrons. The van der Waals surface area contributed by atoms with E-state index in [1.54, 1.807) is 18.3 Å². The number of nitrogens with one attached hydrogen (secondary N) is 2. The third-order valence-electron chi connectivity index (χ3n) is 3.26. The topological polar surface area (TPSA) is 54.0 Å². The second-order valence-electron chi connectivity index (χ2n) is 4.73. The maximum Gasteiger partial charge on any atom is 0.324 e. The molecule has 1 atom stereocenters. The second-order valence-corrected chi connectivity index (χ2v) is 4.73. The monoisotopic (exact) mass is 269 g/mol. The predicted molar refractivity (Wildman–Crippen MR) is 82.0 cm³/mol. The van der Waals surface area contributed by atoms with Gasteiger partial charge in [0.25, 0.3) is 0 Å². The lowest BCUT2D eigenvalue weighted by molar-refractivity contribution is 0.262. The van der Waals surface area contributed by atoms with Crippen LogP contribution in [0, 0.1) is 0 Å². The highest BCUT2D eigenvalue weighted by atomic mass is 16.2. The number of anilines is 2. The number of amides is 2. The highest BCUT2D eigenvalue weighted by molar-refractivity contribution is 5.99. The maximum absolute atomic E-state index is 11.8. The molecule has 0 aliphatic heterocycles. The first-order valence-electron chi connectivity index (χ1n) is 6.78. The van der Waals surface area contributed by atoms with Crippen molar-refractivity contribution in [3.8, 4) is 0 Å². The van der Waals surface area contributed by atoms with Gasteiger partial charge in [-0.2, -0.15) is 0 Å². The molecule has 1 heterocycles. The van der Waals surface area contributed by atoms with Gasteiger partial charge in [-0.25, -0.2) is 9.78 Å². The van der Waals surface area contributed by atoms with Crippen LogP contribution in [0.5, 0.6) is 0 Å². The van der Waals surface area contributed by atoms with Crippen LogP contribution in [0.4, 0.5) is 16.3 Å². The zero-order chi connectivity index (χ0) is 14.4. The lowest BCUT2D eigenvalue weighted by Crippen LogP contribution is -2.19. The number of pyridine rings is 1. The van der Waals surface area contributed by atoms with Crippen LogP contribution in [0.15, 0.2) is 48.7 Å². The first kappa shape index (κ1) is 14.1. The Morgan fingerprint density at radius 2 is 1.90 bits per heavy atom. The van der Waals surface area contributed by atoms with Gasteiger partial charge in [-0.05, 0) is 42.2 Å². The molecule has 1 aromatic heterocycles. The number of nitrogens with zero attached hydrogens (tertiary/aromatic N) is 1. The fraction of sp³-hybridized carbons (Fsp3) is 0.250. The van der Waals surface area contributed by atoms with Crippen molar-refractivity contribution in [3.05, 3.63) is 54.2 Å². The third kappa shape index (κ3) is 3.82. The van der Waals surface area contributed by atoms with Crippen LogP contribution in [0.25, 0.3) is 0 Å². The minimum absolute atomic E-state index is 0.292. The van der Waals surface area contributed by atoms with Crippen LogP contribution in [0.3, 0.4) is 0 Å². The number of rotatable bonds is 4. The number of benzene rings is 1. The lowest BCUT2D eigenvalue weighted by atomic mass is 9.99. The third-order valence-corrected chi connectivity index (χ3v) is 3.26. The van der Waals surface area contributed by atoms with Crippen LogP contribution in [-0.4, -0.2) is 11.0 Å². The van der Waals surface area contributed by atoms with E-state index < -0.39 is 0 Å². The average molecular weight is 269 g/mol. The van der Waals surface area contributed by atoms with Gasteiger partial charge in [0, 0.05) is 11.9 Å². The summed E-state index contributed by atoms with van der Waals surface area (Å²) in [6.07, 6.45) is 2.74. The van der Waals surface area contributed by atoms with Gasteiger partial charge in [0.05, 0.1) is 0 Å². The highest BCUT2D eigenvalue weighted by Crippen LogP contribution is 2.20. The number of urea groups is 1. The quantitative estimate of drug-likeness (QED) is 0.872. The largest absolute Gasteiger partial charge is 0.324 e. The Morgan fingerprint density at radius 3 is 2.50 bits per heavy atom. The van der Waals surface area contributed by atoms with Gasteiger partial charge in [-0.15, -0.1) is 0 Å². The van der Waals surface area contributed by atoms with Gasteiger partial charge in [0.15, 0.2) is 0 Å². The van der Waals surface area contributed by atoms with Crippen LogP contribution < -0.4 is 10.6 Å². The summed E-state index contributed by atoms with van der Waals surface area (Å²) >= 11 is 0. The predicted octanol–water partition coefficient (Wildman–Crippen LogP) is 4.24. The minimum atomic E-state index is -0.292. The summed E-state index contributed by atoms with van der Waals surface area (Å²) in [5.74, 6) is 1.06. The molecule has 0 saturated carbocycles. The highest BCUT2D eigenvalue weighted by Gasteiger charge is 2.05. The summed E-state index contributed by atoms with van der Waals surface area (Å²) in [6.45, 7) is 4.35.